The fraction of sp³-hybridized carbons (Fsp3) is 0.0769. The van der Waals surface area contributed by atoms with E-state index >= 15 is 0 Å². The third-order valence-electron chi connectivity index (χ3n) is 5.20. The number of benzene rings is 2. The number of carbonyl (C=O) groups is 2. The number of nitrogens with zero attached hydrogens (tertiary/aromatic N) is 2. The number of pyridine rings is 1. The lowest BCUT2D eigenvalue weighted by Crippen LogP contribution is -2.32. The molecule has 0 aliphatic carbocycles. The van der Waals surface area contributed by atoms with Crippen molar-refractivity contribution in [3.63, 3.8) is 0 Å². The van der Waals surface area contributed by atoms with Crippen LogP contribution in [0.2, 0.25) is 0 Å². The zero-order valence-corrected chi connectivity index (χ0v) is 22.6. The van der Waals surface area contributed by atoms with Gasteiger partial charge < -0.3 is 21.5 Å². The van der Waals surface area contributed by atoms with E-state index in [4.69, 9.17) is 5.73 Å². The summed E-state index contributed by atoms with van der Waals surface area (Å²) in [5.74, 6) is -0.737. The Kier molecular flexibility index (Phi) is 9.02. The Hall–Kier alpha value is -3.75. The Morgan fingerprint density at radius 2 is 1.89 bits per heavy atom. The van der Waals surface area contributed by atoms with Crippen LogP contribution in [-0.2, 0) is 4.79 Å². The lowest BCUT2D eigenvalue weighted by molar-refractivity contribution is -0.117. The number of nitrogens with two attached hydrogens (primary N) is 1. The predicted molar refractivity (Wildman–Crippen MR) is 151 cm³/mol. The van der Waals surface area contributed by atoms with Crippen LogP contribution < -0.4 is 16.4 Å². The first-order valence-electron chi connectivity index (χ1n) is 10.7. The fourth-order valence-corrected chi connectivity index (χ4v) is 4.40. The summed E-state index contributed by atoms with van der Waals surface area (Å²) in [4.78, 5) is 29.9. The highest BCUT2D eigenvalue weighted by Crippen LogP contribution is 2.37. The van der Waals surface area contributed by atoms with Crippen molar-refractivity contribution in [2.24, 2.45) is 5.73 Å². The SMILES string of the molecule is CC(N)C(=O)Nc1cccc(-c2cc(-c3ccc(Br)cc3O)nc(NC(=O)c3cccs3)c2C#N)c1.Cl. The average molecular weight is 599 g/mol. The van der Waals surface area contributed by atoms with Gasteiger partial charge in [-0.3, -0.25) is 9.59 Å². The molecule has 0 radical (unpaired) electrons. The van der Waals surface area contributed by atoms with Crippen molar-refractivity contribution in [1.82, 2.24) is 4.98 Å². The minimum Gasteiger partial charge on any atom is -0.507 e. The number of nitriles is 1. The molecule has 0 bridgehead atoms. The summed E-state index contributed by atoms with van der Waals surface area (Å²) in [7, 11) is 0. The van der Waals surface area contributed by atoms with E-state index in [1.807, 2.05) is 0 Å². The van der Waals surface area contributed by atoms with E-state index in [0.29, 0.717) is 37.4 Å². The summed E-state index contributed by atoms with van der Waals surface area (Å²) >= 11 is 4.59. The molecule has 0 spiro atoms. The summed E-state index contributed by atoms with van der Waals surface area (Å²) in [6, 6.07) is 18.4. The summed E-state index contributed by atoms with van der Waals surface area (Å²) in [5.41, 5.74) is 8.11. The Balaban J connectivity index is 0.00000380. The maximum absolute atomic E-state index is 12.8. The molecule has 5 N–H and O–H groups in total. The van der Waals surface area contributed by atoms with Crippen molar-refractivity contribution < 1.29 is 14.7 Å². The molecule has 4 rings (SSSR count). The molecule has 8 nitrogen and oxygen atoms in total. The van der Waals surface area contributed by atoms with Crippen LogP contribution in [0.25, 0.3) is 22.4 Å². The Morgan fingerprint density at radius 1 is 1.11 bits per heavy atom. The van der Waals surface area contributed by atoms with Gasteiger partial charge in [0.05, 0.1) is 16.6 Å². The van der Waals surface area contributed by atoms with Crippen LogP contribution in [0.4, 0.5) is 11.5 Å². The van der Waals surface area contributed by atoms with E-state index in [0.717, 1.165) is 0 Å². The molecule has 1 atom stereocenters. The van der Waals surface area contributed by atoms with Gasteiger partial charge in [0, 0.05) is 21.3 Å². The van der Waals surface area contributed by atoms with Crippen LogP contribution in [0.5, 0.6) is 5.75 Å². The number of carbonyl (C=O) groups excluding carboxylic acids is 2. The number of phenols is 1. The lowest BCUT2D eigenvalue weighted by Gasteiger charge is -2.15. The number of thiophene rings is 1. The van der Waals surface area contributed by atoms with Gasteiger partial charge >= 0.3 is 0 Å². The minimum absolute atomic E-state index is 0. The molecule has 4 aromatic rings. The van der Waals surface area contributed by atoms with Crippen molar-refractivity contribution in [2.45, 2.75) is 13.0 Å². The number of amides is 2. The zero-order valence-electron chi connectivity index (χ0n) is 19.4. The van der Waals surface area contributed by atoms with Gasteiger partial charge in [0.15, 0.2) is 5.82 Å². The van der Waals surface area contributed by atoms with Gasteiger partial charge in [0.1, 0.15) is 17.4 Å². The lowest BCUT2D eigenvalue weighted by atomic mass is 9.97. The first-order valence-corrected chi connectivity index (χ1v) is 12.4. The van der Waals surface area contributed by atoms with Crippen molar-refractivity contribution in [3.05, 3.63) is 81.0 Å². The smallest absolute Gasteiger partial charge is 0.266 e. The zero-order chi connectivity index (χ0) is 25.8. The number of aromatic hydroxyl groups is 1. The summed E-state index contributed by atoms with van der Waals surface area (Å²) in [5, 5.41) is 27.9. The monoisotopic (exact) mass is 597 g/mol. The average Bonchev–Trinajstić information content (AvgIpc) is 3.39. The van der Waals surface area contributed by atoms with Crippen LogP contribution in [0.15, 0.2) is 70.5 Å². The quantitative estimate of drug-likeness (QED) is 0.222. The highest BCUT2D eigenvalue weighted by atomic mass is 79.9. The van der Waals surface area contributed by atoms with Gasteiger partial charge in [-0.25, -0.2) is 4.98 Å². The molecule has 0 aliphatic heterocycles. The van der Waals surface area contributed by atoms with Gasteiger partial charge in [-0.15, -0.1) is 23.7 Å². The number of halogens is 2. The van der Waals surface area contributed by atoms with E-state index in [9.17, 15) is 20.0 Å². The number of hydrogen-bond donors (Lipinski definition) is 4. The minimum atomic E-state index is -0.699. The molecule has 37 heavy (non-hydrogen) atoms. The van der Waals surface area contributed by atoms with Crippen LogP contribution in [-0.4, -0.2) is 27.9 Å². The second-order valence-corrected chi connectivity index (χ2v) is 9.71. The van der Waals surface area contributed by atoms with E-state index < -0.39 is 11.9 Å². The highest BCUT2D eigenvalue weighted by Gasteiger charge is 2.20. The molecule has 0 saturated carbocycles. The third kappa shape index (κ3) is 6.34. The Morgan fingerprint density at radius 3 is 2.54 bits per heavy atom. The van der Waals surface area contributed by atoms with Gasteiger partial charge in [0.2, 0.25) is 5.91 Å². The number of aromatic nitrogens is 1. The molecular weight excluding hydrogens is 578 g/mol. The Bertz CT molecular complexity index is 1500. The number of hydrogen-bond acceptors (Lipinski definition) is 7. The molecule has 1 unspecified atom stereocenters. The number of rotatable bonds is 6. The molecular formula is C26H21BrClN5O3S. The van der Waals surface area contributed by atoms with E-state index in [1.165, 1.54) is 17.4 Å². The fourth-order valence-electron chi connectivity index (χ4n) is 3.43. The van der Waals surface area contributed by atoms with Crippen LogP contribution in [0.1, 0.15) is 22.2 Å². The molecule has 0 fully saturated rings. The maximum Gasteiger partial charge on any atom is 0.266 e. The first-order chi connectivity index (χ1) is 17.3. The van der Waals surface area contributed by atoms with Crippen LogP contribution in [0.3, 0.4) is 0 Å². The molecule has 0 aliphatic rings. The largest absolute Gasteiger partial charge is 0.507 e. The standard InChI is InChI=1S/C26H20BrN5O3S.ClH/c1-14(29)25(34)30-17-5-2-4-15(10-17)19-12-21(18-8-7-16(27)11-22(18)33)31-24(20(19)13-28)32-26(35)23-6-3-9-36-23;/h2-12,14,33H,29H2,1H3,(H,30,34)(H,31,32,35);1H. The molecule has 2 aromatic heterocycles. The second kappa shape index (κ2) is 12.0. The third-order valence-corrected chi connectivity index (χ3v) is 6.56. The van der Waals surface area contributed by atoms with Crippen LogP contribution >= 0.6 is 39.7 Å². The van der Waals surface area contributed by atoms with E-state index in [2.05, 4.69) is 37.6 Å². The molecule has 188 valence electrons. The van der Waals surface area contributed by atoms with Crippen molar-refractivity contribution >= 4 is 63.0 Å². The topological polar surface area (TPSA) is 141 Å². The summed E-state index contributed by atoms with van der Waals surface area (Å²) in [6.45, 7) is 1.58. The normalized spacial score (nSPS) is 11.1. The number of nitrogens with one attached hydrogen (secondary N) is 2. The van der Waals surface area contributed by atoms with Gasteiger partial charge in [-0.1, -0.05) is 34.1 Å². The van der Waals surface area contributed by atoms with Crippen molar-refractivity contribution in [2.75, 3.05) is 10.6 Å². The molecule has 0 saturated heterocycles. The molecule has 2 heterocycles. The van der Waals surface area contributed by atoms with Gasteiger partial charge in [-0.2, -0.15) is 5.26 Å². The molecule has 2 aromatic carbocycles. The molecule has 2 amide bonds. The predicted octanol–water partition coefficient (Wildman–Crippen LogP) is 5.78. The van der Waals surface area contributed by atoms with Crippen molar-refractivity contribution in [1.29, 1.82) is 5.26 Å². The van der Waals surface area contributed by atoms with Gasteiger partial charge in [-0.05, 0) is 60.3 Å². The Labute approximate surface area is 231 Å². The summed E-state index contributed by atoms with van der Waals surface area (Å²) < 4.78 is 0.682. The van der Waals surface area contributed by atoms with Crippen molar-refractivity contribution in [3.8, 4) is 34.2 Å². The number of anilines is 2. The summed E-state index contributed by atoms with van der Waals surface area (Å²) in [6.07, 6.45) is 0. The first kappa shape index (κ1) is 27.8. The number of phenolic OH excluding ortho intramolecular Hbond substituents is 1. The highest BCUT2D eigenvalue weighted by molar-refractivity contribution is 9.10. The maximum atomic E-state index is 12.8. The van der Waals surface area contributed by atoms with E-state index in [-0.39, 0.29) is 35.4 Å². The van der Waals surface area contributed by atoms with Crippen LogP contribution in [0, 0.1) is 11.3 Å². The van der Waals surface area contributed by atoms with Gasteiger partial charge in [0.25, 0.3) is 5.91 Å². The van der Waals surface area contributed by atoms with E-state index in [1.54, 1.807) is 66.9 Å². The second-order valence-electron chi connectivity index (χ2n) is 7.84. The molecule has 11 heteroatoms.